The molecular weight excluding hydrogens is 214 g/mol. The Morgan fingerprint density at radius 3 is 2.76 bits per heavy atom. The molecule has 1 aromatic carbocycles. The van der Waals surface area contributed by atoms with E-state index in [-0.39, 0.29) is 6.61 Å². The molecule has 0 radical (unpaired) electrons. The first-order valence-corrected chi connectivity index (χ1v) is 5.37. The van der Waals surface area contributed by atoms with E-state index in [1.165, 1.54) is 0 Å². The molecule has 0 amide bonds. The Kier molecular flexibility index (Phi) is 2.34. The van der Waals surface area contributed by atoms with Crippen LogP contribution in [0.2, 0.25) is 0 Å². The zero-order chi connectivity index (χ0) is 11.7. The number of rotatable bonds is 2. The Hall–Kier alpha value is -2.20. The Bertz CT molecular complexity index is 646. The average Bonchev–Trinajstić information content (AvgIpc) is 2.78. The third kappa shape index (κ3) is 1.59. The maximum Gasteiger partial charge on any atom is 0.156 e. The van der Waals surface area contributed by atoms with Crippen molar-refractivity contribution in [1.29, 1.82) is 0 Å². The van der Waals surface area contributed by atoms with Gasteiger partial charge in [-0.05, 0) is 0 Å². The molecule has 0 aliphatic heterocycles. The molecule has 1 N–H and O–H groups in total. The molecule has 2 heterocycles. The highest BCUT2D eigenvalue weighted by Gasteiger charge is 2.12. The predicted molar refractivity (Wildman–Crippen MR) is 64.3 cm³/mol. The van der Waals surface area contributed by atoms with Gasteiger partial charge in [0.25, 0.3) is 0 Å². The highest BCUT2D eigenvalue weighted by atomic mass is 16.3. The molecule has 0 unspecified atom stereocenters. The van der Waals surface area contributed by atoms with Gasteiger partial charge in [-0.25, -0.2) is 4.98 Å². The van der Waals surface area contributed by atoms with E-state index >= 15 is 0 Å². The van der Waals surface area contributed by atoms with Crippen molar-refractivity contribution in [2.75, 3.05) is 0 Å². The van der Waals surface area contributed by atoms with Gasteiger partial charge in [0.1, 0.15) is 0 Å². The summed E-state index contributed by atoms with van der Waals surface area (Å²) in [5.74, 6) is 0. The van der Waals surface area contributed by atoms with Crippen LogP contribution in [-0.4, -0.2) is 19.5 Å². The second-order valence-electron chi connectivity index (χ2n) is 3.74. The summed E-state index contributed by atoms with van der Waals surface area (Å²) < 4.78 is 1.86. The molecule has 3 aromatic rings. The van der Waals surface area contributed by atoms with Gasteiger partial charge in [-0.3, -0.25) is 9.38 Å². The molecule has 0 bridgehead atoms. The first kappa shape index (κ1) is 9.99. The normalized spacial score (nSPS) is 10.9. The highest BCUT2D eigenvalue weighted by Crippen LogP contribution is 2.23. The molecule has 17 heavy (non-hydrogen) atoms. The standard InChI is InChI=1S/C13H11N3O/c17-9-11-13(10-4-2-1-3-5-10)15-12-8-14-6-7-16(11)12/h1-8,17H,9H2. The summed E-state index contributed by atoms with van der Waals surface area (Å²) in [6, 6.07) is 9.83. The van der Waals surface area contributed by atoms with Gasteiger partial charge in [0.2, 0.25) is 0 Å². The van der Waals surface area contributed by atoms with E-state index in [4.69, 9.17) is 0 Å². The van der Waals surface area contributed by atoms with Crippen molar-refractivity contribution in [2.45, 2.75) is 6.61 Å². The van der Waals surface area contributed by atoms with Gasteiger partial charge in [0.05, 0.1) is 24.2 Å². The average molecular weight is 225 g/mol. The molecule has 2 aromatic heterocycles. The van der Waals surface area contributed by atoms with E-state index in [0.29, 0.717) is 0 Å². The van der Waals surface area contributed by atoms with Crippen LogP contribution in [-0.2, 0) is 6.61 Å². The predicted octanol–water partition coefficient (Wildman–Crippen LogP) is 1.89. The number of benzene rings is 1. The number of hydrogen-bond donors (Lipinski definition) is 1. The molecule has 0 aliphatic rings. The fourth-order valence-corrected chi connectivity index (χ4v) is 1.94. The largest absolute Gasteiger partial charge is 0.390 e. The van der Waals surface area contributed by atoms with Crippen LogP contribution >= 0.6 is 0 Å². The van der Waals surface area contributed by atoms with Crippen LogP contribution in [0.25, 0.3) is 16.9 Å². The molecule has 0 atom stereocenters. The zero-order valence-corrected chi connectivity index (χ0v) is 9.11. The minimum absolute atomic E-state index is 0.0462. The third-order valence-electron chi connectivity index (χ3n) is 2.73. The summed E-state index contributed by atoms with van der Waals surface area (Å²) in [6.45, 7) is -0.0462. The third-order valence-corrected chi connectivity index (χ3v) is 2.73. The van der Waals surface area contributed by atoms with E-state index in [1.54, 1.807) is 18.6 Å². The topological polar surface area (TPSA) is 50.4 Å². The zero-order valence-electron chi connectivity index (χ0n) is 9.11. The second-order valence-corrected chi connectivity index (χ2v) is 3.74. The Labute approximate surface area is 98.2 Å². The molecule has 4 heteroatoms. The van der Waals surface area contributed by atoms with Crippen molar-refractivity contribution in [3.63, 3.8) is 0 Å². The molecule has 0 saturated carbocycles. The van der Waals surface area contributed by atoms with E-state index in [0.717, 1.165) is 22.6 Å². The Balaban J connectivity index is 2.30. The number of hydrogen-bond acceptors (Lipinski definition) is 3. The van der Waals surface area contributed by atoms with Crippen LogP contribution in [0.5, 0.6) is 0 Å². The van der Waals surface area contributed by atoms with Crippen molar-refractivity contribution in [3.8, 4) is 11.3 Å². The lowest BCUT2D eigenvalue weighted by molar-refractivity contribution is 0.276. The molecule has 3 rings (SSSR count). The van der Waals surface area contributed by atoms with E-state index < -0.39 is 0 Å². The van der Waals surface area contributed by atoms with E-state index in [9.17, 15) is 5.11 Å². The van der Waals surface area contributed by atoms with Crippen molar-refractivity contribution < 1.29 is 5.11 Å². The summed E-state index contributed by atoms with van der Waals surface area (Å²) >= 11 is 0. The number of imidazole rings is 1. The van der Waals surface area contributed by atoms with Crippen LogP contribution in [0.4, 0.5) is 0 Å². The number of aliphatic hydroxyl groups excluding tert-OH is 1. The van der Waals surface area contributed by atoms with Gasteiger partial charge < -0.3 is 5.11 Å². The number of nitrogens with zero attached hydrogens (tertiary/aromatic N) is 3. The minimum Gasteiger partial charge on any atom is -0.390 e. The summed E-state index contributed by atoms with van der Waals surface area (Å²) in [5.41, 5.74) is 3.34. The Morgan fingerprint density at radius 1 is 1.18 bits per heavy atom. The maximum atomic E-state index is 9.49. The van der Waals surface area contributed by atoms with Crippen LogP contribution in [0, 0.1) is 0 Å². The SMILES string of the molecule is OCc1c(-c2ccccc2)nc2cnccn12. The van der Waals surface area contributed by atoms with Gasteiger partial charge in [0.15, 0.2) is 5.65 Å². The quantitative estimate of drug-likeness (QED) is 0.724. The molecule has 0 aliphatic carbocycles. The lowest BCUT2D eigenvalue weighted by atomic mass is 10.1. The number of fused-ring (bicyclic) bond motifs is 1. The summed E-state index contributed by atoms with van der Waals surface area (Å²) in [7, 11) is 0. The lowest BCUT2D eigenvalue weighted by Crippen LogP contribution is -1.93. The fourth-order valence-electron chi connectivity index (χ4n) is 1.94. The van der Waals surface area contributed by atoms with Crippen molar-refractivity contribution in [1.82, 2.24) is 14.4 Å². The smallest absolute Gasteiger partial charge is 0.156 e. The van der Waals surface area contributed by atoms with Crippen LogP contribution < -0.4 is 0 Å². The van der Waals surface area contributed by atoms with E-state index in [1.807, 2.05) is 34.7 Å². The van der Waals surface area contributed by atoms with Crippen LogP contribution in [0.3, 0.4) is 0 Å². The maximum absolute atomic E-state index is 9.49. The first-order valence-electron chi connectivity index (χ1n) is 5.37. The lowest BCUT2D eigenvalue weighted by Gasteiger charge is -2.00. The van der Waals surface area contributed by atoms with Gasteiger partial charge >= 0.3 is 0 Å². The monoisotopic (exact) mass is 225 g/mol. The van der Waals surface area contributed by atoms with Crippen molar-refractivity contribution >= 4 is 5.65 Å². The summed E-state index contributed by atoms with van der Waals surface area (Å²) in [4.78, 5) is 8.52. The number of aromatic nitrogens is 3. The molecule has 0 fully saturated rings. The molecular formula is C13H11N3O. The van der Waals surface area contributed by atoms with Crippen molar-refractivity contribution in [3.05, 3.63) is 54.6 Å². The Morgan fingerprint density at radius 2 is 2.00 bits per heavy atom. The van der Waals surface area contributed by atoms with Crippen LogP contribution in [0.15, 0.2) is 48.9 Å². The molecule has 0 spiro atoms. The summed E-state index contributed by atoms with van der Waals surface area (Å²) in [6.07, 6.45) is 5.18. The molecule has 4 nitrogen and oxygen atoms in total. The summed E-state index contributed by atoms with van der Waals surface area (Å²) in [5, 5.41) is 9.49. The molecule has 84 valence electrons. The van der Waals surface area contributed by atoms with Gasteiger partial charge in [-0.1, -0.05) is 30.3 Å². The first-order chi connectivity index (χ1) is 8.40. The number of aliphatic hydroxyl groups is 1. The second kappa shape index (κ2) is 3.99. The van der Waals surface area contributed by atoms with Gasteiger partial charge in [-0.2, -0.15) is 0 Å². The minimum atomic E-state index is -0.0462. The van der Waals surface area contributed by atoms with E-state index in [2.05, 4.69) is 9.97 Å². The fraction of sp³-hybridized carbons (Fsp3) is 0.0769. The van der Waals surface area contributed by atoms with Crippen LogP contribution in [0.1, 0.15) is 5.69 Å². The van der Waals surface area contributed by atoms with Crippen molar-refractivity contribution in [2.24, 2.45) is 0 Å². The van der Waals surface area contributed by atoms with Gasteiger partial charge in [-0.15, -0.1) is 0 Å². The highest BCUT2D eigenvalue weighted by molar-refractivity contribution is 5.65. The molecule has 0 saturated heterocycles. The van der Waals surface area contributed by atoms with Gasteiger partial charge in [0, 0.05) is 18.0 Å².